The van der Waals surface area contributed by atoms with Gasteiger partial charge in [-0.25, -0.2) is 30.7 Å². The number of nitrogens with one attached hydrogen (secondary N) is 1. The molecule has 1 N–H and O–H groups in total. The van der Waals surface area contributed by atoms with Crippen molar-refractivity contribution in [3.63, 3.8) is 0 Å². The third-order valence-electron chi connectivity index (χ3n) is 6.04. The van der Waals surface area contributed by atoms with Gasteiger partial charge in [-0.3, -0.25) is 4.79 Å². The number of amides is 1. The number of carbonyl (C=O) groups is 1. The maximum absolute atomic E-state index is 14.4. The molecule has 3 atom stereocenters. The molecule has 5 nitrogen and oxygen atoms in total. The maximum atomic E-state index is 14.4. The van der Waals surface area contributed by atoms with E-state index < -0.39 is 58.4 Å². The van der Waals surface area contributed by atoms with Crippen LogP contribution >= 0.6 is 0 Å². The van der Waals surface area contributed by atoms with Crippen molar-refractivity contribution < 1.29 is 30.8 Å². The van der Waals surface area contributed by atoms with Gasteiger partial charge in [0.05, 0.1) is 24.3 Å². The van der Waals surface area contributed by atoms with Crippen molar-refractivity contribution in [3.05, 3.63) is 59.7 Å². The summed E-state index contributed by atoms with van der Waals surface area (Å²) in [5.41, 5.74) is 0.752. The molecule has 32 heavy (non-hydrogen) atoms. The van der Waals surface area contributed by atoms with Gasteiger partial charge < -0.3 is 4.90 Å². The quantitative estimate of drug-likeness (QED) is 0.659. The summed E-state index contributed by atoms with van der Waals surface area (Å²) in [4.78, 5) is 14.0. The Morgan fingerprint density at radius 3 is 2.44 bits per heavy atom. The first kappa shape index (κ1) is 22.7. The van der Waals surface area contributed by atoms with Crippen LogP contribution in [0.4, 0.5) is 17.6 Å². The van der Waals surface area contributed by atoms with Crippen LogP contribution in [-0.4, -0.2) is 51.0 Å². The fraction of sp³-hybridized carbons (Fsp3) is 0.409. The van der Waals surface area contributed by atoms with Crippen molar-refractivity contribution in [3.8, 4) is 11.1 Å². The fourth-order valence-electron chi connectivity index (χ4n) is 4.33. The van der Waals surface area contributed by atoms with Crippen molar-refractivity contribution in [2.45, 2.75) is 18.3 Å². The molecule has 4 rings (SSSR count). The van der Waals surface area contributed by atoms with Gasteiger partial charge in [0, 0.05) is 19.0 Å². The number of halogens is 4. The Morgan fingerprint density at radius 2 is 1.78 bits per heavy atom. The van der Waals surface area contributed by atoms with Crippen molar-refractivity contribution in [2.24, 2.45) is 11.8 Å². The molecule has 2 fully saturated rings. The van der Waals surface area contributed by atoms with Gasteiger partial charge in [0.1, 0.15) is 11.6 Å². The van der Waals surface area contributed by atoms with Gasteiger partial charge in [-0.05, 0) is 35.6 Å². The van der Waals surface area contributed by atoms with Gasteiger partial charge in [0.25, 0.3) is 5.92 Å². The molecule has 1 aliphatic carbocycles. The molecule has 0 spiro atoms. The van der Waals surface area contributed by atoms with Gasteiger partial charge in [-0.15, -0.1) is 0 Å². The molecule has 0 bridgehead atoms. The molecular weight excluding hydrogens is 448 g/mol. The van der Waals surface area contributed by atoms with Gasteiger partial charge >= 0.3 is 0 Å². The molecule has 2 aromatic carbocycles. The zero-order valence-corrected chi connectivity index (χ0v) is 18.0. The Morgan fingerprint density at radius 1 is 1.12 bits per heavy atom. The maximum Gasteiger partial charge on any atom is 0.271 e. The molecule has 1 saturated carbocycles. The summed E-state index contributed by atoms with van der Waals surface area (Å²) in [5.74, 6) is -7.34. The highest BCUT2D eigenvalue weighted by Crippen LogP contribution is 2.52. The number of sulfonamides is 1. The molecule has 0 unspecified atom stereocenters. The number of benzene rings is 2. The zero-order valence-electron chi connectivity index (χ0n) is 17.2. The van der Waals surface area contributed by atoms with E-state index >= 15 is 0 Å². The first-order valence-electron chi connectivity index (χ1n) is 10.1. The standard InChI is InChI=1S/C22H22F4N2O3S/c1-32(30,31)27-10-13-11-28(12-22(13,25)26)21(29)17-9-16(17)14-5-2-3-6-15(14)20-18(23)7-4-8-19(20)24/h2-8,13,16-17,27H,9-12H2,1H3/t13-,16+,17-/m1/s1. The number of rotatable bonds is 6. The van der Waals surface area contributed by atoms with Crippen LogP contribution in [0.15, 0.2) is 42.5 Å². The molecule has 10 heteroatoms. The van der Waals surface area contributed by atoms with Crippen molar-refractivity contribution >= 4 is 15.9 Å². The van der Waals surface area contributed by atoms with Crippen LogP contribution < -0.4 is 4.72 Å². The van der Waals surface area contributed by atoms with E-state index in [4.69, 9.17) is 0 Å². The lowest BCUT2D eigenvalue weighted by Gasteiger charge is -2.16. The molecule has 0 radical (unpaired) electrons. The first-order valence-corrected chi connectivity index (χ1v) is 12.0. The molecule has 1 amide bonds. The van der Waals surface area contributed by atoms with E-state index in [1.807, 2.05) is 0 Å². The van der Waals surface area contributed by atoms with Crippen LogP contribution in [-0.2, 0) is 14.8 Å². The van der Waals surface area contributed by atoms with Crippen molar-refractivity contribution in [1.29, 1.82) is 0 Å². The van der Waals surface area contributed by atoms with Gasteiger partial charge in [-0.1, -0.05) is 30.3 Å². The monoisotopic (exact) mass is 470 g/mol. The average Bonchev–Trinajstić information content (AvgIpc) is 3.43. The molecule has 1 saturated heterocycles. The highest BCUT2D eigenvalue weighted by atomic mass is 32.2. The van der Waals surface area contributed by atoms with Gasteiger partial charge in [-0.2, -0.15) is 0 Å². The predicted molar refractivity (Wildman–Crippen MR) is 111 cm³/mol. The second-order valence-electron chi connectivity index (χ2n) is 8.43. The lowest BCUT2D eigenvalue weighted by Crippen LogP contribution is -2.37. The van der Waals surface area contributed by atoms with E-state index in [0.29, 0.717) is 17.5 Å². The minimum absolute atomic E-state index is 0.180. The van der Waals surface area contributed by atoms with E-state index in [1.54, 1.807) is 24.3 Å². The van der Waals surface area contributed by atoms with Crippen LogP contribution in [0.2, 0.25) is 0 Å². The van der Waals surface area contributed by atoms with E-state index in [-0.39, 0.29) is 18.0 Å². The minimum atomic E-state index is -3.63. The molecule has 1 heterocycles. The second-order valence-corrected chi connectivity index (χ2v) is 10.3. The smallest absolute Gasteiger partial charge is 0.271 e. The molecule has 1 aliphatic heterocycles. The number of carbonyl (C=O) groups excluding carboxylic acids is 1. The molecular formula is C22H22F4N2O3S. The fourth-order valence-corrected chi connectivity index (χ4v) is 4.83. The summed E-state index contributed by atoms with van der Waals surface area (Å²) < 4.78 is 82.0. The Bertz CT molecular complexity index is 1140. The van der Waals surface area contributed by atoms with Crippen LogP contribution in [0, 0.1) is 23.5 Å². The molecule has 172 valence electrons. The zero-order chi connectivity index (χ0) is 23.3. The average molecular weight is 470 g/mol. The van der Waals surface area contributed by atoms with Crippen LogP contribution in [0.1, 0.15) is 17.9 Å². The normalized spacial score (nSPS) is 24.5. The summed E-state index contributed by atoms with van der Waals surface area (Å²) in [6.07, 6.45) is 1.27. The lowest BCUT2D eigenvalue weighted by molar-refractivity contribution is -0.133. The van der Waals surface area contributed by atoms with E-state index in [2.05, 4.69) is 4.72 Å². The molecule has 0 aromatic heterocycles. The van der Waals surface area contributed by atoms with Gasteiger partial charge in [0.15, 0.2) is 0 Å². The van der Waals surface area contributed by atoms with Crippen LogP contribution in [0.3, 0.4) is 0 Å². The van der Waals surface area contributed by atoms with Crippen LogP contribution in [0.25, 0.3) is 11.1 Å². The number of hydrogen-bond donors (Lipinski definition) is 1. The van der Waals surface area contributed by atoms with E-state index in [1.165, 1.54) is 6.07 Å². The Kier molecular flexibility index (Phi) is 5.79. The Labute approximate surface area is 183 Å². The van der Waals surface area contributed by atoms with Crippen LogP contribution in [0.5, 0.6) is 0 Å². The highest BCUT2D eigenvalue weighted by Gasteiger charge is 2.54. The largest absolute Gasteiger partial charge is 0.336 e. The minimum Gasteiger partial charge on any atom is -0.336 e. The second kappa shape index (κ2) is 8.15. The first-order chi connectivity index (χ1) is 15.0. The highest BCUT2D eigenvalue weighted by molar-refractivity contribution is 7.88. The Hall–Kier alpha value is -2.46. The summed E-state index contributed by atoms with van der Waals surface area (Å²) >= 11 is 0. The summed E-state index contributed by atoms with van der Waals surface area (Å²) in [6.45, 7) is -1.50. The SMILES string of the molecule is CS(=O)(=O)NC[C@@H]1CN(C(=O)[C@@H]2C[C@H]2c2ccccc2-c2c(F)cccc2F)CC1(F)F. The predicted octanol–water partition coefficient (Wildman–Crippen LogP) is 3.38. The van der Waals surface area contributed by atoms with E-state index in [0.717, 1.165) is 23.3 Å². The number of hydrogen-bond acceptors (Lipinski definition) is 3. The molecule has 2 aliphatic rings. The number of likely N-dealkylation sites (tertiary alicyclic amines) is 1. The third-order valence-corrected chi connectivity index (χ3v) is 6.73. The van der Waals surface area contributed by atoms with Crippen molar-refractivity contribution in [1.82, 2.24) is 9.62 Å². The number of nitrogens with zero attached hydrogens (tertiary/aromatic N) is 1. The lowest BCUT2D eigenvalue weighted by atomic mass is 9.95. The van der Waals surface area contributed by atoms with Crippen molar-refractivity contribution in [2.75, 3.05) is 25.9 Å². The topological polar surface area (TPSA) is 66.5 Å². The third kappa shape index (κ3) is 4.52. The summed E-state index contributed by atoms with van der Waals surface area (Å²) in [5, 5.41) is 0. The van der Waals surface area contributed by atoms with E-state index in [9.17, 15) is 30.8 Å². The number of alkyl halides is 2. The molecule has 2 aromatic rings. The van der Waals surface area contributed by atoms with Gasteiger partial charge in [0.2, 0.25) is 15.9 Å². The summed E-state index contributed by atoms with van der Waals surface area (Å²) in [7, 11) is -3.63. The Balaban J connectivity index is 1.51. The summed E-state index contributed by atoms with van der Waals surface area (Å²) in [6, 6.07) is 10.2.